The zero-order chi connectivity index (χ0) is 15.3. The number of rotatable bonds is 7. The molecular formula is C13H20N2O4S. The summed E-state index contributed by atoms with van der Waals surface area (Å²) in [7, 11) is -3.87. The molecule has 1 aromatic rings. The lowest BCUT2D eigenvalue weighted by atomic mass is 10.1. The fraction of sp³-hybridized carbons (Fsp3) is 0.538. The Bertz CT molecular complexity index is 569. The molecule has 0 aliphatic rings. The molecule has 1 aromatic carbocycles. The highest BCUT2D eigenvalue weighted by atomic mass is 32.2. The van der Waals surface area contributed by atoms with Gasteiger partial charge in [-0.05, 0) is 31.7 Å². The molecule has 7 heteroatoms. The topological polar surface area (TPSA) is 89.3 Å². The Morgan fingerprint density at radius 1 is 1.20 bits per heavy atom. The van der Waals surface area contributed by atoms with Crippen LogP contribution in [0.2, 0.25) is 0 Å². The van der Waals surface area contributed by atoms with E-state index >= 15 is 0 Å². The standard InChI is InChI=1S/C13H20N2O4S/c1-10(2)8-9-11(3)14-20(18,19)13-7-5-4-6-12(13)15(16)17/h4-7,10-11,14H,8-9H2,1-3H3. The Kier molecular flexibility index (Phi) is 5.64. The van der Waals surface area contributed by atoms with E-state index in [9.17, 15) is 18.5 Å². The van der Waals surface area contributed by atoms with Gasteiger partial charge >= 0.3 is 0 Å². The van der Waals surface area contributed by atoms with E-state index in [1.165, 1.54) is 24.3 Å². The monoisotopic (exact) mass is 300 g/mol. The number of hydrogen-bond acceptors (Lipinski definition) is 4. The van der Waals surface area contributed by atoms with Crippen molar-refractivity contribution in [3.05, 3.63) is 34.4 Å². The van der Waals surface area contributed by atoms with Gasteiger partial charge in [0.05, 0.1) is 4.92 Å². The molecule has 0 spiro atoms. The Morgan fingerprint density at radius 2 is 1.80 bits per heavy atom. The largest absolute Gasteiger partial charge is 0.289 e. The molecular weight excluding hydrogens is 280 g/mol. The summed E-state index contributed by atoms with van der Waals surface area (Å²) in [6.45, 7) is 5.88. The van der Waals surface area contributed by atoms with Crippen LogP contribution >= 0.6 is 0 Å². The van der Waals surface area contributed by atoms with Gasteiger partial charge in [-0.1, -0.05) is 26.0 Å². The molecule has 0 radical (unpaired) electrons. The Hall–Kier alpha value is -1.47. The predicted octanol–water partition coefficient (Wildman–Crippen LogP) is 2.70. The van der Waals surface area contributed by atoms with Crippen molar-refractivity contribution in [2.45, 2.75) is 44.6 Å². The summed E-state index contributed by atoms with van der Waals surface area (Å²) in [5, 5.41) is 10.9. The number of para-hydroxylation sites is 1. The van der Waals surface area contributed by atoms with E-state index in [1.54, 1.807) is 6.92 Å². The molecule has 6 nitrogen and oxygen atoms in total. The SMILES string of the molecule is CC(C)CCC(C)NS(=O)(=O)c1ccccc1[N+](=O)[O-]. The Balaban J connectivity index is 2.92. The molecule has 1 atom stereocenters. The molecule has 20 heavy (non-hydrogen) atoms. The van der Waals surface area contributed by atoms with Crippen LogP contribution in [0.5, 0.6) is 0 Å². The summed E-state index contributed by atoms with van der Waals surface area (Å²) in [6, 6.07) is 5.09. The van der Waals surface area contributed by atoms with Crippen LogP contribution in [-0.2, 0) is 10.0 Å². The number of nitro groups is 1. The van der Waals surface area contributed by atoms with Crippen molar-refractivity contribution in [3.8, 4) is 0 Å². The summed E-state index contributed by atoms with van der Waals surface area (Å²) in [4.78, 5) is 9.91. The maximum Gasteiger partial charge on any atom is 0.289 e. The minimum atomic E-state index is -3.87. The van der Waals surface area contributed by atoms with Crippen LogP contribution in [0, 0.1) is 16.0 Å². The lowest BCUT2D eigenvalue weighted by molar-refractivity contribution is -0.387. The molecule has 1 N–H and O–H groups in total. The summed E-state index contributed by atoms with van der Waals surface area (Å²) < 4.78 is 26.9. The lowest BCUT2D eigenvalue weighted by Gasteiger charge is -2.15. The lowest BCUT2D eigenvalue weighted by Crippen LogP contribution is -2.33. The third-order valence-corrected chi connectivity index (χ3v) is 4.52. The highest BCUT2D eigenvalue weighted by Gasteiger charge is 2.26. The second-order valence-electron chi connectivity index (χ2n) is 5.22. The molecule has 0 amide bonds. The predicted molar refractivity (Wildman–Crippen MR) is 77.0 cm³/mol. The van der Waals surface area contributed by atoms with Crippen molar-refractivity contribution in [2.75, 3.05) is 0 Å². The third kappa shape index (κ3) is 4.57. The number of sulfonamides is 1. The van der Waals surface area contributed by atoms with Crippen LogP contribution in [0.15, 0.2) is 29.2 Å². The first kappa shape index (κ1) is 16.6. The van der Waals surface area contributed by atoms with Crippen molar-refractivity contribution in [3.63, 3.8) is 0 Å². The zero-order valence-corrected chi connectivity index (χ0v) is 12.7. The van der Waals surface area contributed by atoms with E-state index in [2.05, 4.69) is 18.6 Å². The van der Waals surface area contributed by atoms with E-state index < -0.39 is 20.6 Å². The first-order chi connectivity index (χ1) is 9.24. The van der Waals surface area contributed by atoms with E-state index in [1.807, 2.05) is 0 Å². The molecule has 0 bridgehead atoms. The average Bonchev–Trinajstić information content (AvgIpc) is 2.36. The van der Waals surface area contributed by atoms with E-state index in [0.29, 0.717) is 12.3 Å². The average molecular weight is 300 g/mol. The van der Waals surface area contributed by atoms with Crippen LogP contribution in [0.3, 0.4) is 0 Å². The summed E-state index contributed by atoms with van der Waals surface area (Å²) in [5.74, 6) is 0.480. The second kappa shape index (κ2) is 6.81. The highest BCUT2D eigenvalue weighted by Crippen LogP contribution is 2.23. The van der Waals surface area contributed by atoms with Crippen molar-refractivity contribution in [2.24, 2.45) is 5.92 Å². The van der Waals surface area contributed by atoms with Gasteiger partial charge in [0, 0.05) is 12.1 Å². The van der Waals surface area contributed by atoms with Crippen LogP contribution in [0.25, 0.3) is 0 Å². The summed E-state index contributed by atoms with van der Waals surface area (Å²) >= 11 is 0. The molecule has 0 fully saturated rings. The van der Waals surface area contributed by atoms with Gasteiger partial charge in [-0.2, -0.15) is 0 Å². The van der Waals surface area contributed by atoms with Crippen molar-refractivity contribution in [1.29, 1.82) is 0 Å². The number of nitrogens with one attached hydrogen (secondary N) is 1. The van der Waals surface area contributed by atoms with E-state index in [4.69, 9.17) is 0 Å². The van der Waals surface area contributed by atoms with Crippen molar-refractivity contribution in [1.82, 2.24) is 4.72 Å². The maximum absolute atomic E-state index is 12.2. The number of hydrogen-bond donors (Lipinski definition) is 1. The van der Waals surface area contributed by atoms with Gasteiger partial charge in [-0.3, -0.25) is 10.1 Å². The molecule has 0 aliphatic carbocycles. The van der Waals surface area contributed by atoms with Gasteiger partial charge in [0.25, 0.3) is 5.69 Å². The zero-order valence-electron chi connectivity index (χ0n) is 11.9. The fourth-order valence-corrected chi connectivity index (χ4v) is 3.26. The first-order valence-corrected chi connectivity index (χ1v) is 7.98. The highest BCUT2D eigenvalue weighted by molar-refractivity contribution is 7.89. The fourth-order valence-electron chi connectivity index (χ4n) is 1.81. The summed E-state index contributed by atoms with van der Waals surface area (Å²) in [6.07, 6.45) is 1.58. The number of nitrogens with zero attached hydrogens (tertiary/aromatic N) is 1. The molecule has 0 aliphatic heterocycles. The smallest absolute Gasteiger partial charge is 0.258 e. The van der Waals surface area contributed by atoms with Gasteiger partial charge in [-0.25, -0.2) is 13.1 Å². The molecule has 1 unspecified atom stereocenters. The molecule has 0 heterocycles. The molecule has 0 saturated heterocycles. The minimum Gasteiger partial charge on any atom is -0.258 e. The quantitative estimate of drug-likeness (QED) is 0.619. The van der Waals surface area contributed by atoms with Crippen LogP contribution in [-0.4, -0.2) is 19.4 Å². The van der Waals surface area contributed by atoms with Gasteiger partial charge in [0.2, 0.25) is 10.0 Å². The molecule has 0 saturated carbocycles. The second-order valence-corrected chi connectivity index (χ2v) is 6.90. The Morgan fingerprint density at radius 3 is 2.35 bits per heavy atom. The van der Waals surface area contributed by atoms with Crippen molar-refractivity contribution < 1.29 is 13.3 Å². The molecule has 0 aromatic heterocycles. The van der Waals surface area contributed by atoms with Crippen LogP contribution < -0.4 is 4.72 Å². The first-order valence-electron chi connectivity index (χ1n) is 6.49. The molecule has 1 rings (SSSR count). The van der Waals surface area contributed by atoms with Gasteiger partial charge in [-0.15, -0.1) is 0 Å². The van der Waals surface area contributed by atoms with Crippen LogP contribution in [0.4, 0.5) is 5.69 Å². The van der Waals surface area contributed by atoms with E-state index in [-0.39, 0.29) is 10.9 Å². The summed E-state index contributed by atoms with van der Waals surface area (Å²) in [5.41, 5.74) is -0.406. The number of benzene rings is 1. The van der Waals surface area contributed by atoms with Crippen molar-refractivity contribution >= 4 is 15.7 Å². The van der Waals surface area contributed by atoms with E-state index in [0.717, 1.165) is 6.42 Å². The maximum atomic E-state index is 12.2. The Labute approximate surface area is 119 Å². The number of nitro benzene ring substituents is 1. The minimum absolute atomic E-state index is 0.262. The van der Waals surface area contributed by atoms with Gasteiger partial charge in [0.1, 0.15) is 0 Å². The van der Waals surface area contributed by atoms with Crippen LogP contribution in [0.1, 0.15) is 33.6 Å². The van der Waals surface area contributed by atoms with Gasteiger partial charge < -0.3 is 0 Å². The molecule has 112 valence electrons. The third-order valence-electron chi connectivity index (χ3n) is 2.88. The van der Waals surface area contributed by atoms with Gasteiger partial charge in [0.15, 0.2) is 4.90 Å². The normalized spacial score (nSPS) is 13.4.